The zero-order chi connectivity index (χ0) is 10.1. The molecule has 1 rings (SSSR count). The lowest BCUT2D eigenvalue weighted by molar-refractivity contribution is 0.00777. The highest BCUT2D eigenvalue weighted by atomic mass is 16.3. The van der Waals surface area contributed by atoms with Gasteiger partial charge in [0.15, 0.2) is 0 Å². The van der Waals surface area contributed by atoms with Gasteiger partial charge in [0.1, 0.15) is 0 Å². The Balaban J connectivity index is 3.08. The van der Waals surface area contributed by atoms with E-state index >= 15 is 0 Å². The number of aliphatic hydroxyl groups is 1. The quantitative estimate of drug-likeness (QED) is 0.754. The number of pyridine rings is 1. The highest BCUT2D eigenvalue weighted by molar-refractivity contribution is 5.18. The van der Waals surface area contributed by atoms with E-state index in [1.165, 1.54) is 0 Å². The Morgan fingerprint density at radius 2 is 1.77 bits per heavy atom. The second-order valence-electron chi connectivity index (χ2n) is 4.40. The summed E-state index contributed by atoms with van der Waals surface area (Å²) in [7, 11) is 0. The van der Waals surface area contributed by atoms with E-state index in [1.807, 2.05) is 45.9 Å². The molecule has 1 heterocycles. The fraction of sp³-hybridized carbons (Fsp3) is 0.545. The van der Waals surface area contributed by atoms with Gasteiger partial charge < -0.3 is 5.11 Å². The molecule has 13 heavy (non-hydrogen) atoms. The summed E-state index contributed by atoms with van der Waals surface area (Å²) < 4.78 is 0. The van der Waals surface area contributed by atoms with Crippen LogP contribution in [0.2, 0.25) is 0 Å². The summed E-state index contributed by atoms with van der Waals surface area (Å²) in [5.41, 5.74) is -0.169. The van der Waals surface area contributed by atoms with E-state index < -0.39 is 5.60 Å². The first-order valence-corrected chi connectivity index (χ1v) is 4.49. The first-order valence-electron chi connectivity index (χ1n) is 4.49. The summed E-state index contributed by atoms with van der Waals surface area (Å²) >= 11 is 0. The molecule has 1 N–H and O–H groups in total. The lowest BCUT2D eigenvalue weighted by atomic mass is 9.74. The second kappa shape index (κ2) is 3.11. The van der Waals surface area contributed by atoms with Gasteiger partial charge in [-0.25, -0.2) is 0 Å². The van der Waals surface area contributed by atoms with Crippen LogP contribution in [0.25, 0.3) is 0 Å². The standard InChI is InChI=1S/C11H17NO/c1-10(2,11(3,4)13)9-7-5-6-8-12-9/h5-8,13H,1-4H3. The van der Waals surface area contributed by atoms with Crippen molar-refractivity contribution in [3.05, 3.63) is 30.1 Å². The van der Waals surface area contributed by atoms with Crippen molar-refractivity contribution >= 4 is 0 Å². The van der Waals surface area contributed by atoms with Gasteiger partial charge >= 0.3 is 0 Å². The second-order valence-corrected chi connectivity index (χ2v) is 4.40. The van der Waals surface area contributed by atoms with Crippen LogP contribution in [0.1, 0.15) is 33.4 Å². The summed E-state index contributed by atoms with van der Waals surface area (Å²) in [5.74, 6) is 0. The van der Waals surface area contributed by atoms with Crippen molar-refractivity contribution in [3.8, 4) is 0 Å². The van der Waals surface area contributed by atoms with E-state index in [0.29, 0.717) is 0 Å². The van der Waals surface area contributed by atoms with E-state index in [-0.39, 0.29) is 5.41 Å². The largest absolute Gasteiger partial charge is 0.390 e. The maximum absolute atomic E-state index is 9.96. The van der Waals surface area contributed by atoms with Crippen LogP contribution >= 0.6 is 0 Å². The SMILES string of the molecule is CC(C)(O)C(C)(C)c1ccccn1. The molecule has 0 aromatic carbocycles. The molecule has 0 spiro atoms. The highest BCUT2D eigenvalue weighted by Gasteiger charge is 2.37. The Morgan fingerprint density at radius 3 is 2.15 bits per heavy atom. The van der Waals surface area contributed by atoms with Gasteiger partial charge in [-0.2, -0.15) is 0 Å². The molecule has 0 saturated heterocycles. The first kappa shape index (κ1) is 10.2. The van der Waals surface area contributed by atoms with Gasteiger partial charge in [0.05, 0.1) is 5.60 Å². The van der Waals surface area contributed by atoms with E-state index in [0.717, 1.165) is 5.69 Å². The zero-order valence-corrected chi connectivity index (χ0v) is 8.70. The average Bonchev–Trinajstić information content (AvgIpc) is 2.04. The summed E-state index contributed by atoms with van der Waals surface area (Å²) in [5, 5.41) is 9.96. The molecule has 72 valence electrons. The molecule has 0 aliphatic heterocycles. The summed E-state index contributed by atoms with van der Waals surface area (Å²) in [6, 6.07) is 5.76. The fourth-order valence-corrected chi connectivity index (χ4v) is 1.05. The van der Waals surface area contributed by atoms with Gasteiger partial charge in [-0.15, -0.1) is 0 Å². The number of hydrogen-bond donors (Lipinski definition) is 1. The molecule has 0 aliphatic carbocycles. The minimum absolute atomic E-state index is 0.325. The average molecular weight is 179 g/mol. The molecule has 0 unspecified atom stereocenters. The van der Waals surface area contributed by atoms with Crippen molar-refractivity contribution in [1.29, 1.82) is 0 Å². The monoisotopic (exact) mass is 179 g/mol. The number of hydrogen-bond acceptors (Lipinski definition) is 2. The van der Waals surface area contributed by atoms with Crippen LogP contribution in [-0.2, 0) is 5.41 Å². The topological polar surface area (TPSA) is 33.1 Å². The maximum atomic E-state index is 9.96. The molecule has 2 heteroatoms. The molecule has 0 fully saturated rings. The molecule has 0 aliphatic rings. The molecular formula is C11H17NO. The molecule has 0 radical (unpaired) electrons. The molecule has 1 aromatic heterocycles. The Kier molecular flexibility index (Phi) is 2.44. The van der Waals surface area contributed by atoms with Crippen LogP contribution in [0.5, 0.6) is 0 Å². The van der Waals surface area contributed by atoms with Crippen LogP contribution in [-0.4, -0.2) is 15.7 Å². The lowest BCUT2D eigenvalue weighted by Crippen LogP contribution is -2.43. The fourth-order valence-electron chi connectivity index (χ4n) is 1.05. The van der Waals surface area contributed by atoms with Gasteiger partial charge in [-0.1, -0.05) is 19.9 Å². The van der Waals surface area contributed by atoms with Gasteiger partial charge in [0, 0.05) is 17.3 Å². The predicted octanol–water partition coefficient (Wildman–Crippen LogP) is 2.13. The van der Waals surface area contributed by atoms with E-state index in [2.05, 4.69) is 4.98 Å². The Labute approximate surface area is 79.6 Å². The van der Waals surface area contributed by atoms with Crippen molar-refractivity contribution in [2.24, 2.45) is 0 Å². The zero-order valence-electron chi connectivity index (χ0n) is 8.70. The Hall–Kier alpha value is -0.890. The van der Waals surface area contributed by atoms with Gasteiger partial charge in [0.25, 0.3) is 0 Å². The van der Waals surface area contributed by atoms with Crippen molar-refractivity contribution in [1.82, 2.24) is 4.98 Å². The van der Waals surface area contributed by atoms with Crippen molar-refractivity contribution in [2.45, 2.75) is 38.7 Å². The minimum atomic E-state index is -0.763. The van der Waals surface area contributed by atoms with E-state index in [9.17, 15) is 5.11 Å². The highest BCUT2D eigenvalue weighted by Crippen LogP contribution is 2.32. The first-order chi connectivity index (χ1) is 5.86. The summed E-state index contributed by atoms with van der Waals surface area (Å²) in [6.45, 7) is 7.61. The summed E-state index contributed by atoms with van der Waals surface area (Å²) in [6.07, 6.45) is 1.75. The van der Waals surface area contributed by atoms with Gasteiger partial charge in [-0.05, 0) is 26.0 Å². The third-order valence-electron chi connectivity index (χ3n) is 2.83. The van der Waals surface area contributed by atoms with Crippen LogP contribution in [0.15, 0.2) is 24.4 Å². The van der Waals surface area contributed by atoms with Gasteiger partial charge in [0.2, 0.25) is 0 Å². The predicted molar refractivity (Wildman–Crippen MR) is 53.6 cm³/mol. The van der Waals surface area contributed by atoms with Gasteiger partial charge in [-0.3, -0.25) is 4.98 Å². The molecule has 1 aromatic rings. The molecule has 0 bridgehead atoms. The Bertz CT molecular complexity index is 272. The van der Waals surface area contributed by atoms with Crippen LogP contribution in [0.4, 0.5) is 0 Å². The third kappa shape index (κ3) is 1.89. The van der Waals surface area contributed by atoms with E-state index in [4.69, 9.17) is 0 Å². The van der Waals surface area contributed by atoms with Crippen molar-refractivity contribution in [2.75, 3.05) is 0 Å². The molecule has 2 nitrogen and oxygen atoms in total. The summed E-state index contributed by atoms with van der Waals surface area (Å²) in [4.78, 5) is 4.26. The number of aromatic nitrogens is 1. The normalized spacial score (nSPS) is 13.0. The molecule has 0 amide bonds. The Morgan fingerprint density at radius 1 is 1.15 bits per heavy atom. The van der Waals surface area contributed by atoms with Crippen LogP contribution in [0, 0.1) is 0 Å². The molecule has 0 saturated carbocycles. The minimum Gasteiger partial charge on any atom is -0.390 e. The third-order valence-corrected chi connectivity index (χ3v) is 2.83. The smallest absolute Gasteiger partial charge is 0.0697 e. The number of rotatable bonds is 2. The van der Waals surface area contributed by atoms with Crippen LogP contribution in [0.3, 0.4) is 0 Å². The lowest BCUT2D eigenvalue weighted by Gasteiger charge is -2.36. The van der Waals surface area contributed by atoms with Crippen LogP contribution < -0.4 is 0 Å². The number of nitrogens with zero attached hydrogens (tertiary/aromatic N) is 1. The maximum Gasteiger partial charge on any atom is 0.0697 e. The molecular weight excluding hydrogens is 162 g/mol. The van der Waals surface area contributed by atoms with Crippen molar-refractivity contribution in [3.63, 3.8) is 0 Å². The van der Waals surface area contributed by atoms with E-state index in [1.54, 1.807) is 6.20 Å². The van der Waals surface area contributed by atoms with Crippen molar-refractivity contribution < 1.29 is 5.11 Å². The molecule has 0 atom stereocenters.